The van der Waals surface area contributed by atoms with Gasteiger partial charge in [-0.05, 0) is 40.2 Å². The van der Waals surface area contributed by atoms with Crippen molar-refractivity contribution < 1.29 is 18.4 Å². The number of benzene rings is 2. The summed E-state index contributed by atoms with van der Waals surface area (Å²) < 4.78 is 31.9. The van der Waals surface area contributed by atoms with E-state index in [9.17, 15) is 18.9 Å². The second-order valence-electron chi connectivity index (χ2n) is 3.89. The van der Waals surface area contributed by atoms with E-state index in [-0.39, 0.29) is 28.1 Å². The molecule has 0 aliphatic heterocycles. The van der Waals surface area contributed by atoms with Gasteiger partial charge in [0.2, 0.25) is 0 Å². The van der Waals surface area contributed by atoms with Crippen LogP contribution in [0, 0.1) is 21.7 Å². The molecule has 7 heteroatoms. The fourth-order valence-corrected chi connectivity index (χ4v) is 1.82. The van der Waals surface area contributed by atoms with Crippen molar-refractivity contribution in [1.82, 2.24) is 0 Å². The van der Waals surface area contributed by atoms with E-state index in [2.05, 4.69) is 15.9 Å². The van der Waals surface area contributed by atoms with Gasteiger partial charge in [0.1, 0.15) is 24.0 Å². The Morgan fingerprint density at radius 2 is 1.95 bits per heavy atom. The molecule has 2 aromatic rings. The van der Waals surface area contributed by atoms with E-state index in [1.54, 1.807) is 0 Å². The molecule has 0 aliphatic rings. The molecule has 0 radical (unpaired) electrons. The molecule has 2 aromatic carbocycles. The van der Waals surface area contributed by atoms with Gasteiger partial charge in [0, 0.05) is 12.1 Å². The molecule has 0 unspecified atom stereocenters. The maximum absolute atomic E-state index is 13.3. The Bertz CT molecular complexity index is 664. The summed E-state index contributed by atoms with van der Waals surface area (Å²) in [7, 11) is 0. The van der Waals surface area contributed by atoms with E-state index in [0.29, 0.717) is 0 Å². The smallest absolute Gasteiger partial charge is 0.276 e. The molecular weight excluding hydrogens is 336 g/mol. The van der Waals surface area contributed by atoms with Crippen molar-refractivity contribution in [2.75, 3.05) is 0 Å². The van der Waals surface area contributed by atoms with Crippen LogP contribution in [0.15, 0.2) is 40.9 Å². The maximum Gasteiger partial charge on any atom is 0.276 e. The van der Waals surface area contributed by atoms with Gasteiger partial charge in [-0.1, -0.05) is 0 Å². The van der Waals surface area contributed by atoms with Gasteiger partial charge in [-0.3, -0.25) is 10.1 Å². The highest BCUT2D eigenvalue weighted by Gasteiger charge is 2.15. The minimum atomic E-state index is -0.625. The molecule has 0 saturated heterocycles. The van der Waals surface area contributed by atoms with Gasteiger partial charge in [-0.25, -0.2) is 8.78 Å². The van der Waals surface area contributed by atoms with Gasteiger partial charge in [0.15, 0.2) is 0 Å². The second-order valence-corrected chi connectivity index (χ2v) is 4.75. The fraction of sp³-hybridized carbons (Fsp3) is 0.0769. The Balaban J connectivity index is 2.20. The zero-order valence-corrected chi connectivity index (χ0v) is 11.6. The van der Waals surface area contributed by atoms with Gasteiger partial charge >= 0.3 is 0 Å². The number of hydrogen-bond donors (Lipinski definition) is 0. The van der Waals surface area contributed by atoms with E-state index < -0.39 is 16.6 Å². The molecule has 0 fully saturated rings. The Hall–Kier alpha value is -2.02. The van der Waals surface area contributed by atoms with Crippen molar-refractivity contribution in [1.29, 1.82) is 0 Å². The second kappa shape index (κ2) is 5.96. The molecule has 20 heavy (non-hydrogen) atoms. The standard InChI is InChI=1S/C13H8BrF2NO3/c14-11-3-2-10(6-12(11)16)20-7-8-5-9(15)1-4-13(8)17(18)19/h1-6H,7H2. The summed E-state index contributed by atoms with van der Waals surface area (Å²) in [6.45, 7) is -0.227. The lowest BCUT2D eigenvalue weighted by Gasteiger charge is -2.07. The predicted molar refractivity (Wildman–Crippen MR) is 71.5 cm³/mol. The van der Waals surface area contributed by atoms with Crippen molar-refractivity contribution >= 4 is 21.6 Å². The minimum Gasteiger partial charge on any atom is -0.489 e. The average Bonchev–Trinajstić information content (AvgIpc) is 2.40. The van der Waals surface area contributed by atoms with Crippen LogP contribution in [0.3, 0.4) is 0 Å². The first kappa shape index (κ1) is 14.4. The van der Waals surface area contributed by atoms with Gasteiger partial charge < -0.3 is 4.74 Å². The molecule has 0 amide bonds. The monoisotopic (exact) mass is 343 g/mol. The third-order valence-corrected chi connectivity index (χ3v) is 3.17. The molecule has 0 aliphatic carbocycles. The van der Waals surface area contributed by atoms with Gasteiger partial charge in [0.25, 0.3) is 5.69 Å². The average molecular weight is 344 g/mol. The molecule has 4 nitrogen and oxygen atoms in total. The molecule has 0 atom stereocenters. The lowest BCUT2D eigenvalue weighted by Crippen LogP contribution is -2.01. The highest BCUT2D eigenvalue weighted by Crippen LogP contribution is 2.24. The summed E-state index contributed by atoms with van der Waals surface area (Å²) in [5, 5.41) is 10.8. The third-order valence-electron chi connectivity index (χ3n) is 2.52. The summed E-state index contributed by atoms with van der Waals surface area (Å²) in [5.41, 5.74) is -0.165. The van der Waals surface area contributed by atoms with Crippen molar-refractivity contribution in [3.05, 3.63) is 68.2 Å². The lowest BCUT2D eigenvalue weighted by molar-refractivity contribution is -0.385. The molecule has 0 saturated carbocycles. The number of rotatable bonds is 4. The van der Waals surface area contributed by atoms with E-state index in [4.69, 9.17) is 4.74 Å². The number of hydrogen-bond acceptors (Lipinski definition) is 3. The summed E-state index contributed by atoms with van der Waals surface area (Å²) >= 11 is 3.00. The van der Waals surface area contributed by atoms with E-state index in [0.717, 1.165) is 24.3 Å². The van der Waals surface area contributed by atoms with Gasteiger partial charge in [-0.15, -0.1) is 0 Å². The van der Waals surface area contributed by atoms with Crippen molar-refractivity contribution in [3.8, 4) is 5.75 Å². The van der Waals surface area contributed by atoms with E-state index in [1.165, 1.54) is 12.1 Å². The first-order chi connectivity index (χ1) is 9.47. The SMILES string of the molecule is O=[N+]([O-])c1ccc(F)cc1COc1ccc(Br)c(F)c1. The number of ether oxygens (including phenoxy) is 1. The molecule has 0 heterocycles. The normalized spacial score (nSPS) is 10.3. The number of nitro groups is 1. The number of halogens is 3. The highest BCUT2D eigenvalue weighted by atomic mass is 79.9. The van der Waals surface area contributed by atoms with Crippen LogP contribution < -0.4 is 4.74 Å². The molecule has 0 spiro atoms. The first-order valence-electron chi connectivity index (χ1n) is 5.48. The zero-order valence-electron chi connectivity index (χ0n) is 9.98. The van der Waals surface area contributed by atoms with E-state index in [1.807, 2.05) is 0 Å². The summed E-state index contributed by atoms with van der Waals surface area (Å²) in [5.74, 6) is -0.920. The van der Waals surface area contributed by atoms with Crippen molar-refractivity contribution in [3.63, 3.8) is 0 Å². The quantitative estimate of drug-likeness (QED) is 0.617. The molecule has 0 aromatic heterocycles. The van der Waals surface area contributed by atoms with Crippen LogP contribution in [0.2, 0.25) is 0 Å². The van der Waals surface area contributed by atoms with Gasteiger partial charge in [-0.2, -0.15) is 0 Å². The van der Waals surface area contributed by atoms with Crippen molar-refractivity contribution in [2.24, 2.45) is 0 Å². The Morgan fingerprint density at radius 3 is 2.60 bits per heavy atom. The largest absolute Gasteiger partial charge is 0.489 e. The summed E-state index contributed by atoms with van der Waals surface area (Å²) in [6, 6.07) is 7.17. The van der Waals surface area contributed by atoms with Crippen LogP contribution >= 0.6 is 15.9 Å². The zero-order chi connectivity index (χ0) is 14.7. The van der Waals surface area contributed by atoms with Crippen LogP contribution in [-0.4, -0.2) is 4.92 Å². The molecule has 0 N–H and O–H groups in total. The van der Waals surface area contributed by atoms with Crippen LogP contribution in [-0.2, 0) is 6.61 Å². The summed E-state index contributed by atoms with van der Waals surface area (Å²) in [6.07, 6.45) is 0. The summed E-state index contributed by atoms with van der Waals surface area (Å²) in [4.78, 5) is 10.2. The molecule has 2 rings (SSSR count). The number of nitro benzene ring substituents is 1. The Labute approximate surface area is 121 Å². The minimum absolute atomic E-state index is 0.0818. The van der Waals surface area contributed by atoms with Crippen LogP contribution in [0.25, 0.3) is 0 Å². The third kappa shape index (κ3) is 3.30. The first-order valence-corrected chi connectivity index (χ1v) is 6.27. The highest BCUT2D eigenvalue weighted by molar-refractivity contribution is 9.10. The molecule has 0 bridgehead atoms. The van der Waals surface area contributed by atoms with E-state index >= 15 is 0 Å². The predicted octanol–water partition coefficient (Wildman–Crippen LogP) is 4.21. The van der Waals surface area contributed by atoms with Crippen LogP contribution in [0.4, 0.5) is 14.5 Å². The van der Waals surface area contributed by atoms with Crippen LogP contribution in [0.5, 0.6) is 5.75 Å². The van der Waals surface area contributed by atoms with Crippen LogP contribution in [0.1, 0.15) is 5.56 Å². The maximum atomic E-state index is 13.3. The number of nitrogens with zero attached hydrogens (tertiary/aromatic N) is 1. The van der Waals surface area contributed by atoms with Crippen molar-refractivity contribution in [2.45, 2.75) is 6.61 Å². The fourth-order valence-electron chi connectivity index (χ4n) is 1.58. The van der Waals surface area contributed by atoms with Gasteiger partial charge in [0.05, 0.1) is 15.0 Å². The lowest BCUT2D eigenvalue weighted by atomic mass is 10.2. The molecule has 104 valence electrons. The Morgan fingerprint density at radius 1 is 1.20 bits per heavy atom. The topological polar surface area (TPSA) is 52.4 Å². The Kier molecular flexibility index (Phi) is 4.29. The molecular formula is C13H8BrF2NO3.